The Bertz CT molecular complexity index is 1680. The van der Waals surface area contributed by atoms with E-state index in [1.165, 1.54) is 6.42 Å². The zero-order valence-corrected chi connectivity index (χ0v) is 30.0. The molecule has 49 heavy (non-hydrogen) atoms. The summed E-state index contributed by atoms with van der Waals surface area (Å²) in [5.74, 6) is -0.165. The Morgan fingerprint density at radius 2 is 1.71 bits per heavy atom. The van der Waals surface area contributed by atoms with Gasteiger partial charge in [0, 0.05) is 36.1 Å². The first-order valence-corrected chi connectivity index (χ1v) is 18.1. The van der Waals surface area contributed by atoms with Crippen molar-refractivity contribution in [3.63, 3.8) is 0 Å². The molecule has 5 rings (SSSR count). The normalized spacial score (nSPS) is 17.4. The predicted octanol–water partition coefficient (Wildman–Crippen LogP) is 7.07. The summed E-state index contributed by atoms with van der Waals surface area (Å²) < 4.78 is 11.6. The van der Waals surface area contributed by atoms with E-state index in [-0.39, 0.29) is 46.5 Å². The second kappa shape index (κ2) is 15.8. The third kappa shape index (κ3) is 9.04. The van der Waals surface area contributed by atoms with E-state index in [4.69, 9.17) is 20.8 Å². The summed E-state index contributed by atoms with van der Waals surface area (Å²) in [6.07, 6.45) is 8.69. The molecule has 2 heterocycles. The zero-order valence-electron chi connectivity index (χ0n) is 29.2. The van der Waals surface area contributed by atoms with Gasteiger partial charge in [-0.15, -0.1) is 0 Å². The number of likely N-dealkylation sites (tertiary alicyclic amines) is 1. The molecule has 0 unspecified atom stereocenters. The fraction of sp³-hybridized carbons (Fsp3) is 0.538. The van der Waals surface area contributed by atoms with E-state index in [1.54, 1.807) is 35.2 Å². The monoisotopic (exact) mass is 691 g/mol. The minimum absolute atomic E-state index is 0.0796. The van der Waals surface area contributed by atoms with E-state index in [9.17, 15) is 19.2 Å². The van der Waals surface area contributed by atoms with Crippen molar-refractivity contribution in [2.45, 2.75) is 103 Å². The van der Waals surface area contributed by atoms with Crippen molar-refractivity contribution in [1.29, 1.82) is 0 Å². The van der Waals surface area contributed by atoms with Gasteiger partial charge in [-0.05, 0) is 94.7 Å². The van der Waals surface area contributed by atoms with E-state index in [1.807, 2.05) is 32.9 Å². The van der Waals surface area contributed by atoms with Gasteiger partial charge >= 0.3 is 0 Å². The van der Waals surface area contributed by atoms with Gasteiger partial charge in [0.15, 0.2) is 11.2 Å². The van der Waals surface area contributed by atoms with Crippen LogP contribution in [0.4, 0.5) is 0 Å². The first-order valence-electron chi connectivity index (χ1n) is 17.8. The lowest BCUT2D eigenvalue weighted by Crippen LogP contribution is -2.59. The molecule has 1 saturated heterocycles. The van der Waals surface area contributed by atoms with Crippen LogP contribution in [0.2, 0.25) is 5.02 Å². The molecular weight excluding hydrogens is 642 g/mol. The number of carbonyl (C=O) groups excluding carboxylic acids is 3. The Hall–Kier alpha value is -3.85. The number of carbonyl (C=O) groups is 3. The van der Waals surface area contributed by atoms with Crippen molar-refractivity contribution in [2.24, 2.45) is 11.3 Å². The molecule has 1 aliphatic carbocycles. The van der Waals surface area contributed by atoms with Gasteiger partial charge in [0.2, 0.25) is 11.8 Å². The molecule has 0 bridgehead atoms. The van der Waals surface area contributed by atoms with E-state index >= 15 is 0 Å². The zero-order chi connectivity index (χ0) is 35.2. The van der Waals surface area contributed by atoms with Crippen molar-refractivity contribution in [2.75, 3.05) is 19.7 Å². The third-order valence-corrected chi connectivity index (χ3v) is 10.2. The fourth-order valence-corrected chi connectivity index (χ4v) is 7.37. The number of nitrogens with zero attached hydrogens (tertiary/aromatic N) is 1. The van der Waals surface area contributed by atoms with Crippen LogP contribution in [-0.4, -0.2) is 53.9 Å². The lowest BCUT2D eigenvalue weighted by atomic mass is 9.63. The van der Waals surface area contributed by atoms with Crippen LogP contribution in [0.1, 0.15) is 102 Å². The SMILES string of the molecule is CCCCOc1ccc2oc(C(=O)N[C@H](Cc3ccc(Cl)cc3)C(=O)N3CCC(C(=O)NC(C)(C)C)(C4CCCCC4)CC3)cc(=O)c2c1. The van der Waals surface area contributed by atoms with Gasteiger partial charge < -0.3 is 24.7 Å². The predicted molar refractivity (Wildman–Crippen MR) is 192 cm³/mol. The van der Waals surface area contributed by atoms with Crippen molar-refractivity contribution in [1.82, 2.24) is 15.5 Å². The average Bonchev–Trinajstić information content (AvgIpc) is 3.08. The molecular formula is C39H50ClN3O6. The lowest BCUT2D eigenvalue weighted by Gasteiger charge is -2.48. The third-order valence-electron chi connectivity index (χ3n) is 9.94. The number of amides is 3. The highest BCUT2D eigenvalue weighted by Gasteiger charge is 2.49. The highest BCUT2D eigenvalue weighted by atomic mass is 35.5. The molecule has 1 atom stereocenters. The Balaban J connectivity index is 1.36. The maximum atomic E-state index is 14.2. The highest BCUT2D eigenvalue weighted by molar-refractivity contribution is 6.30. The number of piperidine rings is 1. The number of nitrogens with one attached hydrogen (secondary N) is 2. The quantitative estimate of drug-likeness (QED) is 0.208. The minimum atomic E-state index is -0.936. The summed E-state index contributed by atoms with van der Waals surface area (Å²) in [6, 6.07) is 12.3. The van der Waals surface area contributed by atoms with Crippen molar-refractivity contribution in [3.8, 4) is 5.75 Å². The highest BCUT2D eigenvalue weighted by Crippen LogP contribution is 2.46. The molecule has 1 saturated carbocycles. The lowest BCUT2D eigenvalue weighted by molar-refractivity contribution is -0.147. The van der Waals surface area contributed by atoms with E-state index in [0.29, 0.717) is 48.7 Å². The summed E-state index contributed by atoms with van der Waals surface area (Å²) in [5.41, 5.74) is -0.199. The Labute approximate surface area is 294 Å². The van der Waals surface area contributed by atoms with Crippen molar-refractivity contribution in [3.05, 3.63) is 75.1 Å². The molecule has 9 nitrogen and oxygen atoms in total. The molecule has 3 amide bonds. The number of unbranched alkanes of at least 4 members (excludes halogenated alkanes) is 1. The smallest absolute Gasteiger partial charge is 0.287 e. The van der Waals surface area contributed by atoms with E-state index in [0.717, 1.165) is 50.2 Å². The molecule has 2 aliphatic rings. The maximum Gasteiger partial charge on any atom is 0.287 e. The van der Waals surface area contributed by atoms with Crippen LogP contribution in [0.5, 0.6) is 5.75 Å². The van der Waals surface area contributed by atoms with Gasteiger partial charge in [-0.3, -0.25) is 19.2 Å². The van der Waals surface area contributed by atoms with E-state index in [2.05, 4.69) is 17.6 Å². The maximum absolute atomic E-state index is 14.2. The molecule has 2 aromatic carbocycles. The van der Waals surface area contributed by atoms with Gasteiger partial charge in [-0.1, -0.05) is 56.3 Å². The fourth-order valence-electron chi connectivity index (χ4n) is 7.24. The van der Waals surface area contributed by atoms with Crippen molar-refractivity contribution < 1.29 is 23.5 Å². The van der Waals surface area contributed by atoms with Crippen molar-refractivity contribution >= 4 is 40.3 Å². The van der Waals surface area contributed by atoms with Crippen LogP contribution >= 0.6 is 11.6 Å². The second-order valence-electron chi connectivity index (χ2n) is 14.7. The summed E-state index contributed by atoms with van der Waals surface area (Å²) in [6.45, 7) is 9.43. The van der Waals surface area contributed by atoms with Gasteiger partial charge in [0.25, 0.3) is 5.91 Å². The van der Waals surface area contributed by atoms with Gasteiger partial charge in [-0.25, -0.2) is 0 Å². The van der Waals surface area contributed by atoms with Crippen LogP contribution in [0.25, 0.3) is 11.0 Å². The standard InChI is InChI=1S/C39H50ClN3O6/c1-5-6-22-48-29-16-17-33-30(24-29)32(44)25-34(49-33)35(45)41-31(23-26-12-14-28(40)15-13-26)36(46)43-20-18-39(19-21-43,27-10-8-7-9-11-27)37(47)42-38(2,3)4/h12-17,24-25,27,31H,5-11,18-23H2,1-4H3,(H,41,45)(H,42,47)/t31-/m1/s1. The summed E-state index contributed by atoms with van der Waals surface area (Å²) in [4.78, 5) is 56.6. The Morgan fingerprint density at radius 3 is 2.37 bits per heavy atom. The first-order chi connectivity index (χ1) is 23.4. The average molecular weight is 692 g/mol. The van der Waals surface area contributed by atoms with Crippen LogP contribution in [0.15, 0.2) is 57.7 Å². The molecule has 1 aromatic heterocycles. The molecule has 0 spiro atoms. The largest absolute Gasteiger partial charge is 0.494 e. The molecule has 1 aliphatic heterocycles. The Morgan fingerprint density at radius 1 is 1.02 bits per heavy atom. The molecule has 3 aromatic rings. The molecule has 2 fully saturated rings. The van der Waals surface area contributed by atoms with Crippen LogP contribution in [0, 0.1) is 11.3 Å². The minimum Gasteiger partial charge on any atom is -0.494 e. The van der Waals surface area contributed by atoms with Gasteiger partial charge in [0.1, 0.15) is 17.4 Å². The molecule has 0 radical (unpaired) electrons. The molecule has 2 N–H and O–H groups in total. The number of benzene rings is 2. The second-order valence-corrected chi connectivity index (χ2v) is 15.1. The first kappa shape index (κ1) is 36.4. The number of hydrogen-bond donors (Lipinski definition) is 2. The van der Waals surface area contributed by atoms with Gasteiger partial charge in [0.05, 0.1) is 17.4 Å². The Kier molecular flexibility index (Phi) is 11.7. The molecule has 10 heteroatoms. The summed E-state index contributed by atoms with van der Waals surface area (Å²) >= 11 is 6.13. The number of rotatable bonds is 11. The number of fused-ring (bicyclic) bond motifs is 1. The summed E-state index contributed by atoms with van der Waals surface area (Å²) in [7, 11) is 0. The number of ether oxygens (including phenoxy) is 1. The van der Waals surface area contributed by atoms with Crippen LogP contribution < -0.4 is 20.8 Å². The summed E-state index contributed by atoms with van der Waals surface area (Å²) in [5, 5.41) is 7.00. The number of hydrogen-bond acceptors (Lipinski definition) is 6. The number of halogens is 1. The molecule has 264 valence electrons. The van der Waals surface area contributed by atoms with E-state index < -0.39 is 17.4 Å². The van der Waals surface area contributed by atoms with Crippen LogP contribution in [0.3, 0.4) is 0 Å². The van der Waals surface area contributed by atoms with Crippen LogP contribution in [-0.2, 0) is 16.0 Å². The van der Waals surface area contributed by atoms with Gasteiger partial charge in [-0.2, -0.15) is 0 Å². The topological polar surface area (TPSA) is 118 Å².